The standard InChI is InChI=1S/C24H29ClN2O5/c1-16(2)12-20(27-24(30)32-15-17-8-5-4-6-9-17)22(28)26-21(23(29)31-3)14-18-10-7-11-19(25)13-18/h4-11,13,16,20-21H,12,14-15H2,1-3H3,(H,26,28)(H,27,30)/t20-,21+/m0/s1. The molecule has 32 heavy (non-hydrogen) atoms. The molecule has 2 amide bonds. The molecule has 0 unspecified atom stereocenters. The molecule has 0 aliphatic heterocycles. The van der Waals surface area contributed by atoms with Crippen molar-refractivity contribution >= 4 is 29.6 Å². The molecular weight excluding hydrogens is 432 g/mol. The predicted molar refractivity (Wildman–Crippen MR) is 122 cm³/mol. The summed E-state index contributed by atoms with van der Waals surface area (Å²) in [6.07, 6.45) is -0.137. The molecule has 0 aromatic heterocycles. The molecule has 2 aromatic rings. The van der Waals surface area contributed by atoms with E-state index in [0.717, 1.165) is 11.1 Å². The van der Waals surface area contributed by atoms with Gasteiger partial charge in [0.2, 0.25) is 5.91 Å². The molecular formula is C24H29ClN2O5. The number of amides is 2. The summed E-state index contributed by atoms with van der Waals surface area (Å²) >= 11 is 6.02. The van der Waals surface area contributed by atoms with Crippen molar-refractivity contribution in [3.05, 3.63) is 70.7 Å². The minimum absolute atomic E-state index is 0.0856. The average Bonchev–Trinajstić information content (AvgIpc) is 2.76. The number of carbonyl (C=O) groups is 3. The highest BCUT2D eigenvalue weighted by atomic mass is 35.5. The third kappa shape index (κ3) is 8.59. The minimum Gasteiger partial charge on any atom is -0.467 e. The van der Waals surface area contributed by atoms with Crippen LogP contribution in [0, 0.1) is 5.92 Å². The van der Waals surface area contributed by atoms with Gasteiger partial charge in [0, 0.05) is 11.4 Å². The Hall–Kier alpha value is -3.06. The zero-order valence-electron chi connectivity index (χ0n) is 18.5. The third-order valence-electron chi connectivity index (χ3n) is 4.66. The first kappa shape index (κ1) is 25.2. The molecule has 0 radical (unpaired) electrons. The Morgan fingerprint density at radius 2 is 1.62 bits per heavy atom. The SMILES string of the molecule is COC(=O)[C@@H](Cc1cccc(Cl)c1)NC(=O)[C@H](CC(C)C)NC(=O)OCc1ccccc1. The number of carbonyl (C=O) groups excluding carboxylic acids is 3. The van der Waals surface area contributed by atoms with Crippen LogP contribution in [-0.4, -0.2) is 37.2 Å². The van der Waals surface area contributed by atoms with Gasteiger partial charge in [0.1, 0.15) is 18.7 Å². The topological polar surface area (TPSA) is 93.7 Å². The smallest absolute Gasteiger partial charge is 0.408 e. The van der Waals surface area contributed by atoms with Crippen molar-refractivity contribution in [2.75, 3.05) is 7.11 Å². The van der Waals surface area contributed by atoms with Crippen LogP contribution in [0.3, 0.4) is 0 Å². The number of hydrogen-bond acceptors (Lipinski definition) is 5. The summed E-state index contributed by atoms with van der Waals surface area (Å²) in [4.78, 5) is 37.5. The predicted octanol–water partition coefficient (Wildman–Crippen LogP) is 3.88. The Labute approximate surface area is 193 Å². The van der Waals surface area contributed by atoms with Gasteiger partial charge in [-0.1, -0.05) is 67.9 Å². The van der Waals surface area contributed by atoms with Gasteiger partial charge in [-0.05, 0) is 35.6 Å². The van der Waals surface area contributed by atoms with Gasteiger partial charge >= 0.3 is 12.1 Å². The van der Waals surface area contributed by atoms with E-state index >= 15 is 0 Å². The van der Waals surface area contributed by atoms with Gasteiger partial charge in [-0.2, -0.15) is 0 Å². The number of alkyl carbamates (subject to hydrolysis) is 1. The van der Waals surface area contributed by atoms with Gasteiger partial charge in [-0.25, -0.2) is 9.59 Å². The minimum atomic E-state index is -0.928. The highest BCUT2D eigenvalue weighted by molar-refractivity contribution is 6.30. The number of hydrogen-bond donors (Lipinski definition) is 2. The maximum atomic E-state index is 13.0. The van der Waals surface area contributed by atoms with Crippen LogP contribution in [0.15, 0.2) is 54.6 Å². The first-order valence-electron chi connectivity index (χ1n) is 10.4. The molecule has 0 aliphatic carbocycles. The van der Waals surface area contributed by atoms with E-state index in [-0.39, 0.29) is 18.9 Å². The summed E-state index contributed by atoms with van der Waals surface area (Å²) in [6, 6.07) is 14.4. The Morgan fingerprint density at radius 1 is 0.938 bits per heavy atom. The number of esters is 1. The molecule has 2 rings (SSSR count). The van der Waals surface area contributed by atoms with E-state index in [2.05, 4.69) is 10.6 Å². The zero-order valence-corrected chi connectivity index (χ0v) is 19.2. The van der Waals surface area contributed by atoms with Crippen LogP contribution in [-0.2, 0) is 32.1 Å². The van der Waals surface area contributed by atoms with Crippen LogP contribution in [0.2, 0.25) is 5.02 Å². The molecule has 2 N–H and O–H groups in total. The lowest BCUT2D eigenvalue weighted by Gasteiger charge is -2.23. The zero-order chi connectivity index (χ0) is 23.5. The summed E-state index contributed by atoms with van der Waals surface area (Å²) < 4.78 is 10.1. The third-order valence-corrected chi connectivity index (χ3v) is 4.89. The highest BCUT2D eigenvalue weighted by Gasteiger charge is 2.28. The van der Waals surface area contributed by atoms with Crippen molar-refractivity contribution in [1.29, 1.82) is 0 Å². The van der Waals surface area contributed by atoms with E-state index in [1.165, 1.54) is 7.11 Å². The first-order valence-corrected chi connectivity index (χ1v) is 10.8. The summed E-state index contributed by atoms with van der Waals surface area (Å²) in [5.41, 5.74) is 1.60. The number of ether oxygens (including phenoxy) is 2. The Morgan fingerprint density at radius 3 is 2.25 bits per heavy atom. The molecule has 0 aliphatic rings. The van der Waals surface area contributed by atoms with Crippen LogP contribution < -0.4 is 10.6 Å². The molecule has 0 spiro atoms. The highest BCUT2D eigenvalue weighted by Crippen LogP contribution is 2.14. The molecule has 2 atom stereocenters. The number of rotatable bonds is 10. The van der Waals surface area contributed by atoms with E-state index in [4.69, 9.17) is 21.1 Å². The first-order chi connectivity index (χ1) is 15.3. The normalized spacial score (nSPS) is 12.5. The van der Waals surface area contributed by atoms with Crippen LogP contribution in [0.1, 0.15) is 31.4 Å². The van der Waals surface area contributed by atoms with Crippen molar-refractivity contribution in [3.63, 3.8) is 0 Å². The fraction of sp³-hybridized carbons (Fsp3) is 0.375. The number of nitrogens with one attached hydrogen (secondary N) is 2. The summed E-state index contributed by atoms with van der Waals surface area (Å²) in [7, 11) is 1.25. The number of benzene rings is 2. The van der Waals surface area contributed by atoms with Crippen LogP contribution in [0.5, 0.6) is 0 Å². The summed E-state index contributed by atoms with van der Waals surface area (Å²) in [6.45, 7) is 3.95. The molecule has 8 heteroatoms. The lowest BCUT2D eigenvalue weighted by atomic mass is 10.0. The van der Waals surface area contributed by atoms with Crippen molar-refractivity contribution in [3.8, 4) is 0 Å². The Kier molecular flexibility index (Phi) is 10.0. The Balaban J connectivity index is 2.04. The molecule has 7 nitrogen and oxygen atoms in total. The van der Waals surface area contributed by atoms with Gasteiger partial charge in [0.25, 0.3) is 0 Å². The molecule has 0 heterocycles. The summed E-state index contributed by atoms with van der Waals surface area (Å²) in [5, 5.41) is 5.83. The van der Waals surface area contributed by atoms with Crippen molar-refractivity contribution in [1.82, 2.24) is 10.6 Å². The van der Waals surface area contributed by atoms with E-state index in [0.29, 0.717) is 11.4 Å². The molecule has 2 aromatic carbocycles. The maximum Gasteiger partial charge on any atom is 0.408 e. The number of halogens is 1. The maximum absolute atomic E-state index is 13.0. The van der Waals surface area contributed by atoms with Crippen molar-refractivity contribution < 1.29 is 23.9 Å². The number of methoxy groups -OCH3 is 1. The van der Waals surface area contributed by atoms with Gasteiger partial charge < -0.3 is 20.1 Å². The van der Waals surface area contributed by atoms with E-state index in [1.54, 1.807) is 24.3 Å². The lowest BCUT2D eigenvalue weighted by Crippen LogP contribution is -2.53. The molecule has 172 valence electrons. The average molecular weight is 461 g/mol. The van der Waals surface area contributed by atoms with Gasteiger partial charge in [-0.3, -0.25) is 4.79 Å². The molecule has 0 fully saturated rings. The fourth-order valence-corrected chi connectivity index (χ4v) is 3.33. The molecule has 0 saturated heterocycles. The monoisotopic (exact) mass is 460 g/mol. The van der Waals surface area contributed by atoms with Crippen molar-refractivity contribution in [2.45, 2.75) is 45.4 Å². The van der Waals surface area contributed by atoms with E-state index in [9.17, 15) is 14.4 Å². The van der Waals surface area contributed by atoms with E-state index in [1.807, 2.05) is 44.2 Å². The van der Waals surface area contributed by atoms with Gasteiger partial charge in [-0.15, -0.1) is 0 Å². The Bertz CT molecular complexity index is 904. The molecule has 0 bridgehead atoms. The second-order valence-electron chi connectivity index (χ2n) is 7.81. The van der Waals surface area contributed by atoms with E-state index < -0.39 is 30.1 Å². The van der Waals surface area contributed by atoms with Crippen LogP contribution in [0.25, 0.3) is 0 Å². The van der Waals surface area contributed by atoms with Gasteiger partial charge in [0.05, 0.1) is 7.11 Å². The van der Waals surface area contributed by atoms with Gasteiger partial charge in [0.15, 0.2) is 0 Å². The quantitative estimate of drug-likeness (QED) is 0.525. The second kappa shape index (κ2) is 12.7. The van der Waals surface area contributed by atoms with Crippen molar-refractivity contribution in [2.24, 2.45) is 5.92 Å². The van der Waals surface area contributed by atoms with Crippen LogP contribution in [0.4, 0.5) is 4.79 Å². The summed E-state index contributed by atoms with van der Waals surface area (Å²) in [5.74, 6) is -0.967. The lowest BCUT2D eigenvalue weighted by molar-refractivity contribution is -0.145. The van der Waals surface area contributed by atoms with Crippen LogP contribution >= 0.6 is 11.6 Å². The largest absolute Gasteiger partial charge is 0.467 e. The second-order valence-corrected chi connectivity index (χ2v) is 8.24. The fourth-order valence-electron chi connectivity index (χ4n) is 3.12. The molecule has 0 saturated carbocycles.